The van der Waals surface area contributed by atoms with Crippen LogP contribution in [0, 0.1) is 5.92 Å². The zero-order valence-corrected chi connectivity index (χ0v) is 13.2. The van der Waals surface area contributed by atoms with Gasteiger partial charge in [0, 0.05) is 29.3 Å². The van der Waals surface area contributed by atoms with Gasteiger partial charge in [-0.1, -0.05) is 29.8 Å². The molecule has 1 heterocycles. The number of nitrogens with two attached hydrogens (primary N) is 1. The molecule has 0 saturated heterocycles. The van der Waals surface area contributed by atoms with Crippen molar-refractivity contribution in [2.45, 2.75) is 19.9 Å². The molecular formula is C12H19BrCl2N2. The van der Waals surface area contributed by atoms with Crippen LogP contribution in [0.25, 0.3) is 0 Å². The van der Waals surface area contributed by atoms with Crippen LogP contribution in [0.3, 0.4) is 0 Å². The maximum atomic E-state index is 6.12. The Morgan fingerprint density at radius 1 is 1.41 bits per heavy atom. The third kappa shape index (κ3) is 3.75. The van der Waals surface area contributed by atoms with Crippen LogP contribution in [0.1, 0.15) is 25.5 Å². The number of hydrogen-bond acceptors (Lipinski definition) is 2. The van der Waals surface area contributed by atoms with E-state index in [-0.39, 0.29) is 30.9 Å². The Kier molecular flexibility index (Phi) is 6.85. The molecule has 2 N–H and O–H groups in total. The minimum absolute atomic E-state index is 0. The van der Waals surface area contributed by atoms with Crippen LogP contribution in [0.4, 0.5) is 5.69 Å². The number of anilines is 1. The summed E-state index contributed by atoms with van der Waals surface area (Å²) < 4.78 is 1.11. The molecule has 0 aliphatic carbocycles. The van der Waals surface area contributed by atoms with Gasteiger partial charge in [-0.3, -0.25) is 0 Å². The molecule has 0 aromatic heterocycles. The van der Waals surface area contributed by atoms with Crippen LogP contribution >= 0.6 is 40.7 Å². The summed E-state index contributed by atoms with van der Waals surface area (Å²) in [4.78, 5) is 2.39. The highest BCUT2D eigenvalue weighted by molar-refractivity contribution is 9.10. The predicted molar refractivity (Wildman–Crippen MR) is 82.6 cm³/mol. The molecule has 0 fully saturated rings. The van der Waals surface area contributed by atoms with Gasteiger partial charge in [-0.25, -0.2) is 0 Å². The molecule has 0 amide bonds. The van der Waals surface area contributed by atoms with Crippen LogP contribution in [-0.2, 0) is 0 Å². The van der Waals surface area contributed by atoms with E-state index in [0.29, 0.717) is 5.92 Å². The van der Waals surface area contributed by atoms with Gasteiger partial charge in [0.05, 0.1) is 0 Å². The van der Waals surface area contributed by atoms with Gasteiger partial charge < -0.3 is 10.6 Å². The van der Waals surface area contributed by atoms with Crippen LogP contribution < -0.4 is 10.6 Å². The van der Waals surface area contributed by atoms with Crippen LogP contribution in [0.15, 0.2) is 22.7 Å². The summed E-state index contributed by atoms with van der Waals surface area (Å²) in [6.45, 7) is 6.51. The Bertz CT molecular complexity index is 372. The predicted octanol–water partition coefficient (Wildman–Crippen LogP) is 3.77. The average Bonchev–Trinajstić information content (AvgIpc) is 2.42. The molecule has 1 aromatic rings. The van der Waals surface area contributed by atoms with Gasteiger partial charge in [0.25, 0.3) is 0 Å². The molecule has 2 nitrogen and oxygen atoms in total. The Labute approximate surface area is 124 Å². The number of rotatable bonds is 2. The Morgan fingerprint density at radius 3 is 2.65 bits per heavy atom. The summed E-state index contributed by atoms with van der Waals surface area (Å²) in [5, 5.41) is 0. The molecule has 1 unspecified atom stereocenters. The quantitative estimate of drug-likeness (QED) is 0.887. The summed E-state index contributed by atoms with van der Waals surface area (Å²) in [6, 6.07) is 6.55. The lowest BCUT2D eigenvalue weighted by Gasteiger charge is -2.21. The summed E-state index contributed by atoms with van der Waals surface area (Å²) in [5.74, 6) is 0.673. The Morgan fingerprint density at radius 2 is 2.06 bits per heavy atom. The largest absolute Gasteiger partial charge is 0.369 e. The van der Waals surface area contributed by atoms with Gasteiger partial charge in [-0.15, -0.1) is 24.8 Å². The van der Waals surface area contributed by atoms with Gasteiger partial charge in [-0.05, 0) is 29.7 Å². The van der Waals surface area contributed by atoms with Gasteiger partial charge in [0.15, 0.2) is 0 Å². The minimum atomic E-state index is 0. The van der Waals surface area contributed by atoms with E-state index < -0.39 is 0 Å². The van der Waals surface area contributed by atoms with Gasteiger partial charge in [0.2, 0.25) is 0 Å². The van der Waals surface area contributed by atoms with Crippen LogP contribution in [0.2, 0.25) is 0 Å². The summed E-state index contributed by atoms with van der Waals surface area (Å²) in [5.41, 5.74) is 8.69. The maximum absolute atomic E-state index is 6.12. The van der Waals surface area contributed by atoms with E-state index in [2.05, 4.69) is 52.9 Å². The highest BCUT2D eigenvalue weighted by Gasteiger charge is 2.25. The second kappa shape index (κ2) is 6.83. The first kappa shape index (κ1) is 17.0. The number of fused-ring (bicyclic) bond motifs is 1. The average molecular weight is 342 g/mol. The first-order valence-corrected chi connectivity index (χ1v) is 6.17. The highest BCUT2D eigenvalue weighted by Crippen LogP contribution is 2.35. The van der Waals surface area contributed by atoms with Crippen molar-refractivity contribution < 1.29 is 0 Å². The molecular weight excluding hydrogens is 323 g/mol. The van der Waals surface area contributed by atoms with E-state index in [1.54, 1.807) is 0 Å². The van der Waals surface area contributed by atoms with Crippen LogP contribution in [-0.4, -0.2) is 13.1 Å². The molecule has 0 spiro atoms. The monoisotopic (exact) mass is 340 g/mol. The maximum Gasteiger partial charge on any atom is 0.0494 e. The van der Waals surface area contributed by atoms with Crippen molar-refractivity contribution >= 4 is 46.4 Å². The lowest BCUT2D eigenvalue weighted by atomic mass is 10.1. The molecule has 2 rings (SSSR count). The normalized spacial score (nSPS) is 17.5. The molecule has 0 saturated carbocycles. The van der Waals surface area contributed by atoms with Crippen molar-refractivity contribution in [3.8, 4) is 0 Å². The van der Waals surface area contributed by atoms with Crippen molar-refractivity contribution in [1.29, 1.82) is 0 Å². The topological polar surface area (TPSA) is 29.3 Å². The fourth-order valence-corrected chi connectivity index (χ4v) is 2.54. The molecule has 98 valence electrons. The van der Waals surface area contributed by atoms with E-state index in [1.165, 1.54) is 11.3 Å². The van der Waals surface area contributed by atoms with Gasteiger partial charge >= 0.3 is 0 Å². The second-order valence-electron chi connectivity index (χ2n) is 4.61. The fraction of sp³-hybridized carbons (Fsp3) is 0.500. The Hall–Kier alpha value is 0.0400. The number of benzene rings is 1. The summed E-state index contributed by atoms with van der Waals surface area (Å²) in [6.07, 6.45) is 0. The molecule has 5 heteroatoms. The van der Waals surface area contributed by atoms with E-state index in [9.17, 15) is 0 Å². The van der Waals surface area contributed by atoms with Crippen LogP contribution in [0.5, 0.6) is 0 Å². The lowest BCUT2D eigenvalue weighted by molar-refractivity contribution is 0.603. The van der Waals surface area contributed by atoms with Crippen molar-refractivity contribution in [2.75, 3.05) is 18.0 Å². The smallest absolute Gasteiger partial charge is 0.0494 e. The van der Waals surface area contributed by atoms with E-state index in [0.717, 1.165) is 17.6 Å². The van der Waals surface area contributed by atoms with E-state index in [4.69, 9.17) is 5.73 Å². The van der Waals surface area contributed by atoms with Crippen molar-refractivity contribution in [1.82, 2.24) is 0 Å². The molecule has 17 heavy (non-hydrogen) atoms. The molecule has 0 bridgehead atoms. The number of hydrogen-bond donors (Lipinski definition) is 1. The molecule has 1 atom stereocenters. The number of nitrogens with zero attached hydrogens (tertiary/aromatic N) is 1. The van der Waals surface area contributed by atoms with Gasteiger partial charge in [-0.2, -0.15) is 0 Å². The van der Waals surface area contributed by atoms with Crippen molar-refractivity contribution in [3.05, 3.63) is 28.2 Å². The molecule has 0 radical (unpaired) electrons. The highest BCUT2D eigenvalue weighted by atomic mass is 79.9. The summed E-state index contributed by atoms with van der Waals surface area (Å²) in [7, 11) is 0. The Balaban J connectivity index is 0.00000128. The third-order valence-corrected chi connectivity index (χ3v) is 3.23. The zero-order chi connectivity index (χ0) is 11.0. The molecule has 1 aliphatic rings. The second-order valence-corrected chi connectivity index (χ2v) is 5.52. The van der Waals surface area contributed by atoms with Crippen molar-refractivity contribution in [2.24, 2.45) is 11.7 Å². The summed E-state index contributed by atoms with van der Waals surface area (Å²) >= 11 is 3.49. The van der Waals surface area contributed by atoms with Gasteiger partial charge in [0.1, 0.15) is 0 Å². The third-order valence-electron chi connectivity index (χ3n) is 2.73. The number of halogens is 3. The SMILES string of the molecule is CC(C)CN1CC(N)c2cc(Br)ccc21.Cl.Cl. The zero-order valence-electron chi connectivity index (χ0n) is 10.0. The first-order valence-electron chi connectivity index (χ1n) is 5.38. The first-order chi connectivity index (χ1) is 7.08. The standard InChI is InChI=1S/C12H17BrN2.2ClH/c1-8(2)6-15-7-11(14)10-5-9(13)3-4-12(10)15;;/h3-5,8,11H,6-7,14H2,1-2H3;2*1H. The van der Waals surface area contributed by atoms with E-state index in [1.807, 2.05) is 0 Å². The van der Waals surface area contributed by atoms with Crippen molar-refractivity contribution in [3.63, 3.8) is 0 Å². The lowest BCUT2D eigenvalue weighted by Crippen LogP contribution is -2.28. The molecule has 1 aromatic carbocycles. The van der Waals surface area contributed by atoms with E-state index >= 15 is 0 Å². The fourth-order valence-electron chi connectivity index (χ4n) is 2.16. The minimum Gasteiger partial charge on any atom is -0.369 e. The molecule has 1 aliphatic heterocycles.